The summed E-state index contributed by atoms with van der Waals surface area (Å²) in [6.45, 7) is 2.63. The maximum atomic E-state index is 12.4. The van der Waals surface area contributed by atoms with Gasteiger partial charge in [-0.05, 0) is 26.7 Å². The lowest BCUT2D eigenvalue weighted by molar-refractivity contribution is -0.163. The number of nitrogens with zero attached hydrogens (tertiary/aromatic N) is 1. The maximum Gasteiger partial charge on any atom is 0.413 e. The minimum atomic E-state index is -1.29. The van der Waals surface area contributed by atoms with Gasteiger partial charge in [-0.15, -0.1) is 0 Å². The minimum Gasteiger partial charge on any atom is -0.453 e. The molecule has 1 aliphatic carbocycles. The van der Waals surface area contributed by atoms with Crippen molar-refractivity contribution >= 4 is 29.8 Å². The van der Waals surface area contributed by atoms with Gasteiger partial charge in [0.1, 0.15) is 6.04 Å². The lowest BCUT2D eigenvalue weighted by Crippen LogP contribution is -2.47. The molecule has 0 saturated carbocycles. The Morgan fingerprint density at radius 3 is 2.12 bits per heavy atom. The van der Waals surface area contributed by atoms with Gasteiger partial charge in [0.2, 0.25) is 11.8 Å². The number of hydrogen-bond acceptors (Lipinski definition) is 7. The van der Waals surface area contributed by atoms with E-state index >= 15 is 0 Å². The molecule has 0 radical (unpaired) electrons. The van der Waals surface area contributed by atoms with E-state index in [1.807, 2.05) is 17.5 Å². The second-order valence-electron chi connectivity index (χ2n) is 5.94. The van der Waals surface area contributed by atoms with Crippen molar-refractivity contribution in [1.82, 2.24) is 10.2 Å². The van der Waals surface area contributed by atoms with Crippen LogP contribution in [-0.2, 0) is 28.7 Å². The Morgan fingerprint density at radius 2 is 1.64 bits per heavy atom. The van der Waals surface area contributed by atoms with Crippen LogP contribution >= 0.6 is 0 Å². The monoisotopic (exact) mass is 352 g/mol. The summed E-state index contributed by atoms with van der Waals surface area (Å²) in [5.74, 6) is -3.49. The molecule has 9 nitrogen and oxygen atoms in total. The summed E-state index contributed by atoms with van der Waals surface area (Å²) in [6.07, 6.45) is 2.35. The molecule has 4 atom stereocenters. The molecule has 4 amide bonds. The van der Waals surface area contributed by atoms with E-state index in [1.165, 1.54) is 13.8 Å². The van der Waals surface area contributed by atoms with Crippen molar-refractivity contribution in [2.24, 2.45) is 11.8 Å². The molecule has 0 bridgehead atoms. The van der Waals surface area contributed by atoms with Gasteiger partial charge in [0.15, 0.2) is 6.10 Å². The average molecular weight is 352 g/mol. The van der Waals surface area contributed by atoms with E-state index in [9.17, 15) is 24.0 Å². The van der Waals surface area contributed by atoms with Gasteiger partial charge in [-0.1, -0.05) is 12.2 Å². The molecule has 0 aromatic carbocycles. The number of amides is 4. The van der Waals surface area contributed by atoms with Gasteiger partial charge in [0.05, 0.1) is 18.9 Å². The minimum absolute atomic E-state index is 0.407. The highest BCUT2D eigenvalue weighted by Gasteiger charge is 2.50. The third-order valence-corrected chi connectivity index (χ3v) is 4.34. The van der Waals surface area contributed by atoms with E-state index in [4.69, 9.17) is 4.74 Å². The first-order valence-corrected chi connectivity index (χ1v) is 7.89. The second kappa shape index (κ2) is 7.45. The summed E-state index contributed by atoms with van der Waals surface area (Å²) in [5, 5.41) is 1.87. The number of nitrogens with one attached hydrogen (secondary N) is 1. The van der Waals surface area contributed by atoms with E-state index in [0.29, 0.717) is 12.8 Å². The quantitative estimate of drug-likeness (QED) is 0.434. The van der Waals surface area contributed by atoms with Crippen LogP contribution in [0.3, 0.4) is 0 Å². The molecule has 25 heavy (non-hydrogen) atoms. The zero-order valence-corrected chi connectivity index (χ0v) is 14.2. The number of methoxy groups -OCH3 is 1. The van der Waals surface area contributed by atoms with Crippen LogP contribution in [-0.4, -0.2) is 53.9 Å². The molecule has 0 spiro atoms. The third kappa shape index (κ3) is 3.70. The molecule has 1 fully saturated rings. The topological polar surface area (TPSA) is 119 Å². The Kier molecular flexibility index (Phi) is 5.55. The van der Waals surface area contributed by atoms with Gasteiger partial charge in [-0.25, -0.2) is 9.59 Å². The number of ether oxygens (including phenoxy) is 2. The summed E-state index contributed by atoms with van der Waals surface area (Å²) >= 11 is 0. The molecule has 0 aromatic rings. The fraction of sp³-hybridized carbons (Fsp3) is 0.562. The Hall–Kier alpha value is -2.71. The molecule has 1 N–H and O–H groups in total. The molecule has 2 rings (SSSR count). The summed E-state index contributed by atoms with van der Waals surface area (Å²) in [7, 11) is 1.08. The molecule has 1 heterocycles. The van der Waals surface area contributed by atoms with Crippen LogP contribution in [0.5, 0.6) is 0 Å². The van der Waals surface area contributed by atoms with Crippen LogP contribution in [0.1, 0.15) is 26.7 Å². The number of likely N-dealkylation sites (tertiary alicyclic amines) is 1. The van der Waals surface area contributed by atoms with Crippen molar-refractivity contribution in [3.05, 3.63) is 12.2 Å². The van der Waals surface area contributed by atoms with Crippen molar-refractivity contribution < 1.29 is 33.4 Å². The predicted molar refractivity (Wildman–Crippen MR) is 82.8 cm³/mol. The highest BCUT2D eigenvalue weighted by Crippen LogP contribution is 2.36. The van der Waals surface area contributed by atoms with Gasteiger partial charge in [-0.3, -0.25) is 24.6 Å². The van der Waals surface area contributed by atoms with Gasteiger partial charge in [0, 0.05) is 0 Å². The predicted octanol–water partition coefficient (Wildman–Crippen LogP) is 0.140. The molecular formula is C16H20N2O7. The van der Waals surface area contributed by atoms with E-state index < -0.39 is 53.8 Å². The van der Waals surface area contributed by atoms with E-state index in [1.54, 1.807) is 0 Å². The van der Waals surface area contributed by atoms with Crippen molar-refractivity contribution in [3.63, 3.8) is 0 Å². The zero-order chi connectivity index (χ0) is 18.7. The van der Waals surface area contributed by atoms with Crippen molar-refractivity contribution in [2.75, 3.05) is 7.11 Å². The average Bonchev–Trinajstić information content (AvgIpc) is 2.85. The number of alkyl carbamates (subject to hydrolysis) is 1. The molecule has 1 aliphatic heterocycles. The smallest absolute Gasteiger partial charge is 0.413 e. The molecule has 1 saturated heterocycles. The highest BCUT2D eigenvalue weighted by atomic mass is 16.6. The van der Waals surface area contributed by atoms with E-state index in [-0.39, 0.29) is 0 Å². The zero-order valence-electron chi connectivity index (χ0n) is 14.2. The number of carbonyl (C=O) groups excluding carboxylic acids is 5. The van der Waals surface area contributed by atoms with Crippen molar-refractivity contribution in [1.29, 1.82) is 0 Å². The molecule has 9 heteroatoms. The highest BCUT2D eigenvalue weighted by molar-refractivity contribution is 6.08. The van der Waals surface area contributed by atoms with Gasteiger partial charge in [0.25, 0.3) is 5.91 Å². The summed E-state index contributed by atoms with van der Waals surface area (Å²) in [6, 6.07) is -1.15. The lowest BCUT2D eigenvalue weighted by atomic mass is 9.85. The summed E-state index contributed by atoms with van der Waals surface area (Å²) in [4.78, 5) is 60.6. The number of carbonyl (C=O) groups is 5. The maximum absolute atomic E-state index is 12.4. The van der Waals surface area contributed by atoms with Crippen LogP contribution in [0.15, 0.2) is 12.2 Å². The SMILES string of the molecule is COC(=O)NC(=O)[C@@H](C)OC(=O)[C@H](C)N1C(=O)[C@H]2CC=CC[C@@H]2C1=O. The Balaban J connectivity index is 2.00. The molecule has 0 unspecified atom stereocenters. The normalized spacial score (nSPS) is 24.4. The van der Waals surface area contributed by atoms with Crippen LogP contribution < -0.4 is 5.32 Å². The van der Waals surface area contributed by atoms with Gasteiger partial charge < -0.3 is 9.47 Å². The number of esters is 1. The van der Waals surface area contributed by atoms with E-state index in [2.05, 4.69) is 4.74 Å². The first kappa shape index (κ1) is 18.6. The number of imide groups is 2. The van der Waals surface area contributed by atoms with Crippen LogP contribution in [0.25, 0.3) is 0 Å². The number of fused-ring (bicyclic) bond motifs is 1. The van der Waals surface area contributed by atoms with Crippen LogP contribution in [0.4, 0.5) is 4.79 Å². The van der Waals surface area contributed by atoms with Crippen molar-refractivity contribution in [3.8, 4) is 0 Å². The van der Waals surface area contributed by atoms with E-state index in [0.717, 1.165) is 12.0 Å². The first-order chi connectivity index (χ1) is 11.8. The lowest BCUT2D eigenvalue weighted by Gasteiger charge is -2.23. The molecule has 2 aliphatic rings. The number of allylic oxidation sites excluding steroid dienone is 2. The third-order valence-electron chi connectivity index (χ3n) is 4.34. The van der Waals surface area contributed by atoms with Crippen LogP contribution in [0, 0.1) is 11.8 Å². The van der Waals surface area contributed by atoms with Gasteiger partial charge in [-0.2, -0.15) is 0 Å². The van der Waals surface area contributed by atoms with Crippen molar-refractivity contribution in [2.45, 2.75) is 38.8 Å². The van der Waals surface area contributed by atoms with Gasteiger partial charge >= 0.3 is 12.1 Å². The largest absolute Gasteiger partial charge is 0.453 e. The number of rotatable bonds is 4. The van der Waals surface area contributed by atoms with Crippen LogP contribution in [0.2, 0.25) is 0 Å². The molecule has 0 aromatic heterocycles. The molecule has 136 valence electrons. The summed E-state index contributed by atoms with van der Waals surface area (Å²) in [5.41, 5.74) is 0. The Morgan fingerprint density at radius 1 is 1.12 bits per heavy atom. The first-order valence-electron chi connectivity index (χ1n) is 7.89. The fourth-order valence-electron chi connectivity index (χ4n) is 2.89. The standard InChI is InChI=1S/C16H20N2O7/c1-8(15(22)25-9(2)12(19)17-16(23)24-3)18-13(20)10-6-4-5-7-11(10)14(18)21/h4-5,8-11H,6-7H2,1-3H3,(H,17,19,23)/t8-,9+,10-,11-/m0/s1. The molecular weight excluding hydrogens is 332 g/mol. The number of hydrogen-bond donors (Lipinski definition) is 1. The Bertz CT molecular complexity index is 616. The fourth-order valence-corrected chi connectivity index (χ4v) is 2.89. The Labute approximate surface area is 144 Å². The summed E-state index contributed by atoms with van der Waals surface area (Å²) < 4.78 is 9.23. The second-order valence-corrected chi connectivity index (χ2v) is 5.94.